The van der Waals surface area contributed by atoms with Gasteiger partial charge in [0.05, 0.1) is 0 Å². The highest BCUT2D eigenvalue weighted by Crippen LogP contribution is 2.33. The standard InChI is InChI=1S/C25H28N4O/c30-25(26-13-5-14-28-15-12-20-6-1-4-9-24(20)28)29-16-10-19(11-17-29)22-18-27-23-8-3-2-7-21(22)23/h1-4,6-9,12,15,18-19,27H,5,10-11,13-14,16-17H2,(H,26,30). The summed E-state index contributed by atoms with van der Waals surface area (Å²) in [6.45, 7) is 3.25. The van der Waals surface area contributed by atoms with E-state index in [1.807, 2.05) is 4.90 Å². The molecular weight excluding hydrogens is 372 g/mol. The quantitative estimate of drug-likeness (QED) is 0.450. The van der Waals surface area contributed by atoms with Gasteiger partial charge in [0.25, 0.3) is 0 Å². The molecular formula is C25H28N4O. The zero-order valence-corrected chi connectivity index (χ0v) is 17.2. The minimum Gasteiger partial charge on any atom is -0.361 e. The number of benzene rings is 2. The number of hydrogen-bond donors (Lipinski definition) is 2. The van der Waals surface area contributed by atoms with Gasteiger partial charge in [-0.1, -0.05) is 36.4 Å². The van der Waals surface area contributed by atoms with E-state index in [0.29, 0.717) is 12.5 Å². The fourth-order valence-corrected chi connectivity index (χ4v) is 4.72. The molecule has 0 saturated carbocycles. The Balaban J connectivity index is 1.09. The smallest absolute Gasteiger partial charge is 0.317 e. The number of fused-ring (bicyclic) bond motifs is 2. The first-order valence-electron chi connectivity index (χ1n) is 10.9. The molecule has 30 heavy (non-hydrogen) atoms. The lowest BCUT2D eigenvalue weighted by Crippen LogP contribution is -2.44. The number of aryl methyl sites for hydroxylation is 1. The van der Waals surface area contributed by atoms with E-state index in [1.54, 1.807) is 0 Å². The molecule has 1 saturated heterocycles. The second-order valence-electron chi connectivity index (χ2n) is 8.20. The number of carbonyl (C=O) groups is 1. The summed E-state index contributed by atoms with van der Waals surface area (Å²) < 4.78 is 2.26. The Bertz CT molecular complexity index is 1150. The van der Waals surface area contributed by atoms with E-state index in [0.717, 1.165) is 38.9 Å². The van der Waals surface area contributed by atoms with E-state index in [1.165, 1.54) is 27.4 Å². The summed E-state index contributed by atoms with van der Waals surface area (Å²) >= 11 is 0. The Morgan fingerprint density at radius 1 is 1.03 bits per heavy atom. The number of H-pyrrole nitrogens is 1. The molecule has 5 nitrogen and oxygen atoms in total. The van der Waals surface area contributed by atoms with Crippen LogP contribution >= 0.6 is 0 Å². The van der Waals surface area contributed by atoms with Gasteiger partial charge in [0.1, 0.15) is 0 Å². The molecule has 0 spiro atoms. The third kappa shape index (κ3) is 3.67. The van der Waals surface area contributed by atoms with Crippen LogP contribution in [0.25, 0.3) is 21.8 Å². The molecule has 154 valence electrons. The number of nitrogens with one attached hydrogen (secondary N) is 2. The fourth-order valence-electron chi connectivity index (χ4n) is 4.72. The summed E-state index contributed by atoms with van der Waals surface area (Å²) in [4.78, 5) is 17.9. The molecule has 1 aliphatic rings. The summed E-state index contributed by atoms with van der Waals surface area (Å²) in [5.74, 6) is 0.521. The van der Waals surface area contributed by atoms with Crippen LogP contribution in [0.3, 0.4) is 0 Å². The maximum atomic E-state index is 12.6. The van der Waals surface area contributed by atoms with E-state index in [9.17, 15) is 4.79 Å². The van der Waals surface area contributed by atoms with Crippen molar-refractivity contribution < 1.29 is 4.79 Å². The topological polar surface area (TPSA) is 53.1 Å². The number of aromatic amines is 1. The van der Waals surface area contributed by atoms with Crippen LogP contribution in [0.15, 0.2) is 67.0 Å². The SMILES string of the molecule is O=C(NCCCn1ccc2ccccc21)N1CCC(c2c[nH]c3ccccc23)CC1. The van der Waals surface area contributed by atoms with Gasteiger partial charge in [-0.2, -0.15) is 0 Å². The van der Waals surface area contributed by atoms with Crippen LogP contribution in [-0.2, 0) is 6.54 Å². The van der Waals surface area contributed by atoms with Gasteiger partial charge in [0, 0.05) is 55.0 Å². The van der Waals surface area contributed by atoms with E-state index in [-0.39, 0.29) is 6.03 Å². The van der Waals surface area contributed by atoms with Crippen molar-refractivity contribution in [1.29, 1.82) is 0 Å². The predicted molar refractivity (Wildman–Crippen MR) is 122 cm³/mol. The van der Waals surface area contributed by atoms with E-state index < -0.39 is 0 Å². The molecule has 5 rings (SSSR count). The Labute approximate surface area is 176 Å². The summed E-state index contributed by atoms with van der Waals surface area (Å²) in [6.07, 6.45) is 7.24. The molecule has 1 fully saturated rings. The monoisotopic (exact) mass is 400 g/mol. The number of carbonyl (C=O) groups excluding carboxylic acids is 1. The van der Waals surface area contributed by atoms with Crippen molar-refractivity contribution in [2.24, 2.45) is 0 Å². The molecule has 0 unspecified atom stereocenters. The molecule has 0 bridgehead atoms. The van der Waals surface area contributed by atoms with Crippen LogP contribution in [0.5, 0.6) is 0 Å². The normalized spacial score (nSPS) is 15.1. The molecule has 4 aromatic rings. The lowest BCUT2D eigenvalue weighted by molar-refractivity contribution is 0.181. The van der Waals surface area contributed by atoms with Crippen LogP contribution in [0.4, 0.5) is 4.79 Å². The van der Waals surface area contributed by atoms with Crippen molar-refractivity contribution in [1.82, 2.24) is 19.8 Å². The zero-order valence-electron chi connectivity index (χ0n) is 17.2. The Morgan fingerprint density at radius 3 is 2.73 bits per heavy atom. The number of piperidine rings is 1. The summed E-state index contributed by atoms with van der Waals surface area (Å²) in [7, 11) is 0. The first-order chi connectivity index (χ1) is 14.8. The van der Waals surface area contributed by atoms with Gasteiger partial charge in [0.15, 0.2) is 0 Å². The van der Waals surface area contributed by atoms with Crippen LogP contribution in [0.1, 0.15) is 30.7 Å². The van der Waals surface area contributed by atoms with Crippen molar-refractivity contribution in [3.8, 4) is 0 Å². The minimum absolute atomic E-state index is 0.0738. The predicted octanol–water partition coefficient (Wildman–Crippen LogP) is 5.10. The molecule has 2 N–H and O–H groups in total. The summed E-state index contributed by atoms with van der Waals surface area (Å²) in [5.41, 5.74) is 3.84. The van der Waals surface area contributed by atoms with Gasteiger partial charge in [-0.05, 0) is 54.3 Å². The summed E-state index contributed by atoms with van der Waals surface area (Å²) in [5, 5.41) is 5.69. The van der Waals surface area contributed by atoms with Gasteiger partial charge in [-0.25, -0.2) is 4.79 Å². The Kier molecular flexibility index (Phi) is 5.18. The molecule has 0 radical (unpaired) electrons. The van der Waals surface area contributed by atoms with Gasteiger partial charge >= 0.3 is 6.03 Å². The van der Waals surface area contributed by atoms with E-state index >= 15 is 0 Å². The van der Waals surface area contributed by atoms with Crippen molar-refractivity contribution >= 4 is 27.8 Å². The van der Waals surface area contributed by atoms with Gasteiger partial charge in [-0.15, -0.1) is 0 Å². The molecule has 5 heteroatoms. The Hall–Kier alpha value is -3.21. The van der Waals surface area contributed by atoms with E-state index in [4.69, 9.17) is 0 Å². The third-order valence-electron chi connectivity index (χ3n) is 6.38. The second kappa shape index (κ2) is 8.27. The number of hydrogen-bond acceptors (Lipinski definition) is 1. The zero-order chi connectivity index (χ0) is 20.3. The highest BCUT2D eigenvalue weighted by atomic mass is 16.2. The van der Waals surface area contributed by atoms with Gasteiger partial charge in [0.2, 0.25) is 0 Å². The first-order valence-corrected chi connectivity index (χ1v) is 10.9. The third-order valence-corrected chi connectivity index (χ3v) is 6.38. The molecule has 2 aromatic carbocycles. The molecule has 1 aliphatic heterocycles. The van der Waals surface area contributed by atoms with Crippen LogP contribution in [0.2, 0.25) is 0 Å². The van der Waals surface area contributed by atoms with Crippen LogP contribution in [-0.4, -0.2) is 40.1 Å². The molecule has 0 atom stereocenters. The number of urea groups is 1. The fraction of sp³-hybridized carbons (Fsp3) is 0.320. The minimum atomic E-state index is 0.0738. The van der Waals surface area contributed by atoms with Crippen molar-refractivity contribution in [3.05, 3.63) is 72.6 Å². The maximum Gasteiger partial charge on any atom is 0.317 e. The average Bonchev–Trinajstić information content (AvgIpc) is 3.41. The summed E-state index contributed by atoms with van der Waals surface area (Å²) in [6, 6.07) is 19.1. The van der Waals surface area contributed by atoms with Gasteiger partial charge in [-0.3, -0.25) is 0 Å². The van der Waals surface area contributed by atoms with Crippen molar-refractivity contribution in [2.75, 3.05) is 19.6 Å². The molecule has 0 aliphatic carbocycles. The first kappa shape index (κ1) is 18.8. The maximum absolute atomic E-state index is 12.6. The molecule has 2 amide bonds. The molecule has 2 aromatic heterocycles. The lowest BCUT2D eigenvalue weighted by atomic mass is 9.89. The Morgan fingerprint density at radius 2 is 1.83 bits per heavy atom. The highest BCUT2D eigenvalue weighted by molar-refractivity contribution is 5.83. The largest absolute Gasteiger partial charge is 0.361 e. The van der Waals surface area contributed by atoms with Crippen molar-refractivity contribution in [3.63, 3.8) is 0 Å². The van der Waals surface area contributed by atoms with E-state index in [2.05, 4.69) is 81.9 Å². The number of aromatic nitrogens is 2. The number of para-hydroxylation sites is 2. The number of rotatable bonds is 5. The highest BCUT2D eigenvalue weighted by Gasteiger charge is 2.25. The number of likely N-dealkylation sites (tertiary alicyclic amines) is 1. The second-order valence-corrected chi connectivity index (χ2v) is 8.20. The molecule has 3 heterocycles. The average molecular weight is 401 g/mol. The number of nitrogens with zero attached hydrogens (tertiary/aromatic N) is 2. The number of amides is 2. The van der Waals surface area contributed by atoms with Crippen molar-refractivity contribution in [2.45, 2.75) is 31.7 Å². The van der Waals surface area contributed by atoms with Gasteiger partial charge < -0.3 is 19.8 Å². The van der Waals surface area contributed by atoms with Crippen LogP contribution < -0.4 is 5.32 Å². The van der Waals surface area contributed by atoms with Crippen LogP contribution in [0, 0.1) is 0 Å². The lowest BCUT2D eigenvalue weighted by Gasteiger charge is -2.32.